The first-order chi connectivity index (χ1) is 10.9. The number of nitrogens with one attached hydrogen (secondary N) is 1. The smallest absolute Gasteiger partial charge is 0.325 e. The predicted molar refractivity (Wildman–Crippen MR) is 78.6 cm³/mol. The number of rotatable bonds is 2. The Labute approximate surface area is 132 Å². The zero-order valence-corrected chi connectivity index (χ0v) is 12.5. The first kappa shape index (κ1) is 16.0. The van der Waals surface area contributed by atoms with Crippen LogP contribution in [0.1, 0.15) is 37.7 Å². The normalized spacial score (nSPS) is 27.6. The highest BCUT2D eigenvalue weighted by Gasteiger charge is 2.41. The Hall–Kier alpha value is -1.85. The van der Waals surface area contributed by atoms with E-state index in [4.69, 9.17) is 0 Å². The average molecular weight is 325 g/mol. The number of para-hydroxylation sites is 1. The fourth-order valence-electron chi connectivity index (χ4n) is 3.77. The summed E-state index contributed by atoms with van der Waals surface area (Å²) in [5.41, 5.74) is -1.06. The summed E-state index contributed by atoms with van der Waals surface area (Å²) in [7, 11) is 0. The Morgan fingerprint density at radius 3 is 2.30 bits per heavy atom. The van der Waals surface area contributed by atoms with E-state index < -0.39 is 17.6 Å². The summed E-state index contributed by atoms with van der Waals surface area (Å²) < 4.78 is 39.0. The van der Waals surface area contributed by atoms with Crippen LogP contribution in [0.4, 0.5) is 18.9 Å². The number of hydrogen-bond acceptors (Lipinski definition) is 2. The molecule has 3 nitrogen and oxygen atoms in total. The molecule has 0 unspecified atom stereocenters. The van der Waals surface area contributed by atoms with Crippen LogP contribution < -0.4 is 5.32 Å². The Morgan fingerprint density at radius 2 is 1.70 bits per heavy atom. The van der Waals surface area contributed by atoms with Gasteiger partial charge in [-0.2, -0.15) is 13.2 Å². The van der Waals surface area contributed by atoms with E-state index in [0.29, 0.717) is 12.8 Å². The van der Waals surface area contributed by atoms with Gasteiger partial charge in [0.25, 0.3) is 0 Å². The van der Waals surface area contributed by atoms with Crippen LogP contribution >= 0.6 is 0 Å². The van der Waals surface area contributed by atoms with Crippen LogP contribution in [0.3, 0.4) is 0 Å². The van der Waals surface area contributed by atoms with E-state index in [9.17, 15) is 22.8 Å². The van der Waals surface area contributed by atoms with Gasteiger partial charge in [0.15, 0.2) is 0 Å². The molecule has 2 saturated carbocycles. The fourth-order valence-corrected chi connectivity index (χ4v) is 3.77. The van der Waals surface area contributed by atoms with Gasteiger partial charge in [-0.05, 0) is 37.8 Å². The second kappa shape index (κ2) is 5.98. The molecule has 6 heteroatoms. The molecule has 2 aliphatic carbocycles. The number of carbonyl (C=O) groups is 2. The topological polar surface area (TPSA) is 46.2 Å². The lowest BCUT2D eigenvalue weighted by Crippen LogP contribution is -2.40. The third-order valence-corrected chi connectivity index (χ3v) is 4.91. The van der Waals surface area contributed by atoms with Crippen molar-refractivity contribution in [3.63, 3.8) is 0 Å². The molecule has 1 N–H and O–H groups in total. The Balaban J connectivity index is 1.74. The number of amides is 1. The van der Waals surface area contributed by atoms with Gasteiger partial charge >= 0.3 is 6.18 Å². The largest absolute Gasteiger partial charge is 0.418 e. The molecule has 3 rings (SSSR count). The fraction of sp³-hybridized carbons (Fsp3) is 0.529. The second-order valence-electron chi connectivity index (χ2n) is 6.43. The summed E-state index contributed by atoms with van der Waals surface area (Å²) in [4.78, 5) is 24.4. The van der Waals surface area contributed by atoms with E-state index in [1.807, 2.05) is 0 Å². The first-order valence-electron chi connectivity index (χ1n) is 7.87. The molecule has 124 valence electrons. The van der Waals surface area contributed by atoms with Crippen LogP contribution in [-0.4, -0.2) is 11.7 Å². The van der Waals surface area contributed by atoms with Gasteiger partial charge in [-0.15, -0.1) is 0 Å². The van der Waals surface area contributed by atoms with Crippen molar-refractivity contribution in [1.82, 2.24) is 0 Å². The van der Waals surface area contributed by atoms with E-state index in [1.54, 1.807) is 0 Å². The molecule has 1 aromatic rings. The molecule has 2 fully saturated rings. The van der Waals surface area contributed by atoms with Gasteiger partial charge in [0, 0.05) is 17.8 Å². The summed E-state index contributed by atoms with van der Waals surface area (Å²) in [5.74, 6) is -0.765. The molecular weight excluding hydrogens is 307 g/mol. The molecule has 2 bridgehead atoms. The Kier molecular flexibility index (Phi) is 4.17. The molecule has 2 aliphatic rings. The average Bonchev–Trinajstić information content (AvgIpc) is 2.46. The summed E-state index contributed by atoms with van der Waals surface area (Å²) >= 11 is 0. The van der Waals surface area contributed by atoms with Gasteiger partial charge in [0.2, 0.25) is 5.91 Å². The zero-order chi connectivity index (χ0) is 16.6. The van der Waals surface area contributed by atoms with Crippen molar-refractivity contribution in [2.24, 2.45) is 17.8 Å². The molecule has 2 atom stereocenters. The van der Waals surface area contributed by atoms with Crippen molar-refractivity contribution < 1.29 is 22.8 Å². The number of ketones is 1. The van der Waals surface area contributed by atoms with E-state index in [1.165, 1.54) is 18.2 Å². The Bertz CT molecular complexity index is 611. The van der Waals surface area contributed by atoms with E-state index >= 15 is 0 Å². The van der Waals surface area contributed by atoms with Crippen molar-refractivity contribution in [1.29, 1.82) is 0 Å². The molecule has 0 aliphatic heterocycles. The summed E-state index contributed by atoms with van der Waals surface area (Å²) in [6, 6.07) is 4.97. The number of fused-ring (bicyclic) bond motifs is 2. The van der Waals surface area contributed by atoms with E-state index in [2.05, 4.69) is 5.32 Å². The highest BCUT2D eigenvalue weighted by molar-refractivity contribution is 5.95. The lowest BCUT2D eigenvalue weighted by atomic mass is 9.67. The minimum absolute atomic E-state index is 0.101. The van der Waals surface area contributed by atoms with Crippen molar-refractivity contribution in [3.8, 4) is 0 Å². The lowest BCUT2D eigenvalue weighted by Gasteiger charge is -2.37. The van der Waals surface area contributed by atoms with Gasteiger partial charge in [0.05, 0.1) is 11.3 Å². The monoisotopic (exact) mass is 325 g/mol. The molecule has 0 saturated heterocycles. The number of carbonyl (C=O) groups excluding carboxylic acids is 2. The highest BCUT2D eigenvalue weighted by Crippen LogP contribution is 2.41. The third-order valence-electron chi connectivity index (χ3n) is 4.91. The molecular formula is C17H18F3NO2. The second-order valence-corrected chi connectivity index (χ2v) is 6.43. The highest BCUT2D eigenvalue weighted by atomic mass is 19.4. The number of benzene rings is 1. The molecule has 23 heavy (non-hydrogen) atoms. The SMILES string of the molecule is O=C(Nc1ccccc1C(F)(F)F)C1C[C@@H]2CCC[C@@H](C1)C2=O. The Morgan fingerprint density at radius 1 is 1.09 bits per heavy atom. The van der Waals surface area contributed by atoms with Crippen LogP contribution in [0.2, 0.25) is 0 Å². The molecule has 0 spiro atoms. The van der Waals surface area contributed by atoms with Crippen molar-refractivity contribution in [2.75, 3.05) is 5.32 Å². The number of Topliss-reactive ketones (excluding diaryl/α,β-unsaturated/α-hetero) is 1. The number of alkyl halides is 3. The number of halogens is 3. The molecule has 0 radical (unpaired) electrons. The molecule has 0 aromatic heterocycles. The van der Waals surface area contributed by atoms with Gasteiger partial charge in [0.1, 0.15) is 5.78 Å². The molecule has 0 heterocycles. The maximum atomic E-state index is 13.0. The van der Waals surface area contributed by atoms with Gasteiger partial charge < -0.3 is 5.32 Å². The quantitative estimate of drug-likeness (QED) is 0.892. The minimum Gasteiger partial charge on any atom is -0.325 e. The van der Waals surface area contributed by atoms with Crippen molar-refractivity contribution in [3.05, 3.63) is 29.8 Å². The molecule has 1 aromatic carbocycles. The van der Waals surface area contributed by atoms with Gasteiger partial charge in [-0.3, -0.25) is 9.59 Å². The lowest BCUT2D eigenvalue weighted by molar-refractivity contribution is -0.137. The maximum Gasteiger partial charge on any atom is 0.418 e. The third kappa shape index (κ3) is 3.26. The predicted octanol–water partition coefficient (Wildman–Crippen LogP) is 4.04. The maximum absolute atomic E-state index is 13.0. The zero-order valence-electron chi connectivity index (χ0n) is 12.5. The van der Waals surface area contributed by atoms with E-state index in [-0.39, 0.29) is 29.2 Å². The van der Waals surface area contributed by atoms with Crippen molar-refractivity contribution >= 4 is 17.4 Å². The van der Waals surface area contributed by atoms with Gasteiger partial charge in [-0.25, -0.2) is 0 Å². The van der Waals surface area contributed by atoms with Crippen LogP contribution in [0, 0.1) is 17.8 Å². The summed E-state index contributed by atoms with van der Waals surface area (Å²) in [6.45, 7) is 0. The van der Waals surface area contributed by atoms with Crippen LogP contribution in [0.5, 0.6) is 0 Å². The van der Waals surface area contributed by atoms with Crippen molar-refractivity contribution in [2.45, 2.75) is 38.3 Å². The number of hydrogen-bond donors (Lipinski definition) is 1. The van der Waals surface area contributed by atoms with Gasteiger partial charge in [-0.1, -0.05) is 18.6 Å². The minimum atomic E-state index is -4.51. The van der Waals surface area contributed by atoms with E-state index in [0.717, 1.165) is 25.3 Å². The summed E-state index contributed by atoms with van der Waals surface area (Å²) in [5, 5.41) is 2.42. The first-order valence-corrected chi connectivity index (χ1v) is 7.87. The van der Waals surface area contributed by atoms with Crippen LogP contribution in [0.15, 0.2) is 24.3 Å². The number of anilines is 1. The van der Waals surface area contributed by atoms with Crippen LogP contribution in [0.25, 0.3) is 0 Å². The molecule has 1 amide bonds. The summed E-state index contributed by atoms with van der Waals surface area (Å²) in [6.07, 6.45) is -1.03. The van der Waals surface area contributed by atoms with Crippen LogP contribution in [-0.2, 0) is 15.8 Å². The standard InChI is InChI=1S/C17H18F3NO2/c18-17(19,20)13-6-1-2-7-14(13)21-16(23)12-8-10-4-3-5-11(9-12)15(10)22/h1-2,6-7,10-12H,3-5,8-9H2,(H,21,23)/t10-,11-/m0/s1.